The van der Waals surface area contributed by atoms with Crippen LogP contribution in [-0.2, 0) is 0 Å². The number of hydrogen-bond donors (Lipinski definition) is 2. The highest BCUT2D eigenvalue weighted by molar-refractivity contribution is 5.93. The lowest BCUT2D eigenvalue weighted by atomic mass is 10.2. The van der Waals surface area contributed by atoms with Gasteiger partial charge in [0.05, 0.1) is 0 Å². The summed E-state index contributed by atoms with van der Waals surface area (Å²) in [5.74, 6) is 0.811. The SMILES string of the molecule is CCNC(=O)c1cc(NCCC2CC2)ccn1. The van der Waals surface area contributed by atoms with Gasteiger partial charge < -0.3 is 10.6 Å². The van der Waals surface area contributed by atoms with Gasteiger partial charge in [0.25, 0.3) is 5.91 Å². The van der Waals surface area contributed by atoms with E-state index >= 15 is 0 Å². The second kappa shape index (κ2) is 5.66. The first-order valence-electron chi connectivity index (χ1n) is 6.27. The van der Waals surface area contributed by atoms with Gasteiger partial charge in [-0.1, -0.05) is 12.8 Å². The largest absolute Gasteiger partial charge is 0.385 e. The molecular formula is C13H19N3O. The number of amides is 1. The molecule has 1 aliphatic carbocycles. The Labute approximate surface area is 102 Å². The number of anilines is 1. The Morgan fingerprint density at radius 3 is 3.06 bits per heavy atom. The van der Waals surface area contributed by atoms with Gasteiger partial charge in [0, 0.05) is 25.0 Å². The first-order valence-corrected chi connectivity index (χ1v) is 6.27. The Morgan fingerprint density at radius 2 is 2.35 bits per heavy atom. The molecule has 0 atom stereocenters. The fourth-order valence-electron chi connectivity index (χ4n) is 1.74. The Balaban J connectivity index is 1.88. The smallest absolute Gasteiger partial charge is 0.269 e. The Hall–Kier alpha value is -1.58. The lowest BCUT2D eigenvalue weighted by molar-refractivity contribution is 0.0951. The summed E-state index contributed by atoms with van der Waals surface area (Å²) in [6, 6.07) is 3.70. The first kappa shape index (κ1) is 11.9. The lowest BCUT2D eigenvalue weighted by Gasteiger charge is -2.07. The summed E-state index contributed by atoms with van der Waals surface area (Å²) in [5, 5.41) is 6.08. The summed E-state index contributed by atoms with van der Waals surface area (Å²) < 4.78 is 0. The molecule has 0 radical (unpaired) electrons. The minimum Gasteiger partial charge on any atom is -0.385 e. The van der Waals surface area contributed by atoms with Gasteiger partial charge in [-0.25, -0.2) is 0 Å². The molecule has 2 N–H and O–H groups in total. The molecule has 1 fully saturated rings. The third-order valence-corrected chi connectivity index (χ3v) is 2.91. The fourth-order valence-corrected chi connectivity index (χ4v) is 1.74. The minimum atomic E-state index is -0.113. The van der Waals surface area contributed by atoms with Crippen LogP contribution in [0.25, 0.3) is 0 Å². The van der Waals surface area contributed by atoms with Crippen molar-refractivity contribution in [3.63, 3.8) is 0 Å². The average molecular weight is 233 g/mol. The molecular weight excluding hydrogens is 214 g/mol. The summed E-state index contributed by atoms with van der Waals surface area (Å²) in [6.45, 7) is 3.50. The highest BCUT2D eigenvalue weighted by Crippen LogP contribution is 2.32. The number of hydrogen-bond acceptors (Lipinski definition) is 3. The van der Waals surface area contributed by atoms with Crippen molar-refractivity contribution in [1.82, 2.24) is 10.3 Å². The fraction of sp³-hybridized carbons (Fsp3) is 0.538. The number of nitrogens with one attached hydrogen (secondary N) is 2. The lowest BCUT2D eigenvalue weighted by Crippen LogP contribution is -2.23. The van der Waals surface area contributed by atoms with Crippen LogP contribution in [0.3, 0.4) is 0 Å². The van der Waals surface area contributed by atoms with Crippen molar-refractivity contribution < 1.29 is 4.79 Å². The van der Waals surface area contributed by atoms with Gasteiger partial charge in [0.1, 0.15) is 5.69 Å². The van der Waals surface area contributed by atoms with Crippen LogP contribution >= 0.6 is 0 Å². The zero-order valence-electron chi connectivity index (χ0n) is 10.2. The van der Waals surface area contributed by atoms with Gasteiger partial charge in [-0.2, -0.15) is 0 Å². The number of nitrogens with zero attached hydrogens (tertiary/aromatic N) is 1. The molecule has 0 aliphatic heterocycles. The molecule has 92 valence electrons. The number of carbonyl (C=O) groups is 1. The maximum atomic E-state index is 11.6. The summed E-state index contributed by atoms with van der Waals surface area (Å²) in [5.41, 5.74) is 1.45. The second-order valence-electron chi connectivity index (χ2n) is 4.45. The van der Waals surface area contributed by atoms with Crippen molar-refractivity contribution in [3.05, 3.63) is 24.0 Å². The van der Waals surface area contributed by atoms with Gasteiger partial charge in [-0.3, -0.25) is 9.78 Å². The predicted molar refractivity (Wildman–Crippen MR) is 68.1 cm³/mol. The Bertz CT molecular complexity index is 388. The van der Waals surface area contributed by atoms with E-state index in [-0.39, 0.29) is 5.91 Å². The molecule has 1 aromatic rings. The van der Waals surface area contributed by atoms with E-state index < -0.39 is 0 Å². The average Bonchev–Trinajstić information content (AvgIpc) is 3.14. The van der Waals surface area contributed by atoms with Gasteiger partial charge in [-0.15, -0.1) is 0 Å². The Morgan fingerprint density at radius 1 is 1.53 bits per heavy atom. The van der Waals surface area contributed by atoms with E-state index in [2.05, 4.69) is 15.6 Å². The minimum absolute atomic E-state index is 0.113. The molecule has 4 nitrogen and oxygen atoms in total. The van der Waals surface area contributed by atoms with Crippen LogP contribution in [0, 0.1) is 5.92 Å². The molecule has 2 rings (SSSR count). The number of aromatic nitrogens is 1. The van der Waals surface area contributed by atoms with Crippen molar-refractivity contribution >= 4 is 11.6 Å². The summed E-state index contributed by atoms with van der Waals surface area (Å²) in [6.07, 6.45) is 5.65. The van der Waals surface area contributed by atoms with Crippen LogP contribution in [0.4, 0.5) is 5.69 Å². The standard InChI is InChI=1S/C13H19N3O/c1-2-14-13(17)12-9-11(6-8-16-12)15-7-5-10-3-4-10/h6,8-10H,2-5,7H2,1H3,(H,14,17)(H,15,16). The zero-order chi connectivity index (χ0) is 12.1. The summed E-state index contributed by atoms with van der Waals surface area (Å²) in [7, 11) is 0. The third kappa shape index (κ3) is 3.73. The van der Waals surface area contributed by atoms with Crippen LogP contribution < -0.4 is 10.6 Å². The van der Waals surface area contributed by atoms with Crippen LogP contribution in [0.1, 0.15) is 36.7 Å². The molecule has 1 saturated carbocycles. The number of rotatable bonds is 6. The van der Waals surface area contributed by atoms with Crippen molar-refractivity contribution in [2.24, 2.45) is 5.92 Å². The molecule has 1 aliphatic rings. The van der Waals surface area contributed by atoms with Crippen LogP contribution in [0.5, 0.6) is 0 Å². The number of carbonyl (C=O) groups excluding carboxylic acids is 1. The molecule has 0 saturated heterocycles. The van der Waals surface area contributed by atoms with Crippen molar-refractivity contribution in [2.75, 3.05) is 18.4 Å². The van der Waals surface area contributed by atoms with Crippen molar-refractivity contribution in [3.8, 4) is 0 Å². The molecule has 4 heteroatoms. The summed E-state index contributed by atoms with van der Waals surface area (Å²) >= 11 is 0. The van der Waals surface area contributed by atoms with Gasteiger partial charge >= 0.3 is 0 Å². The quantitative estimate of drug-likeness (QED) is 0.790. The zero-order valence-corrected chi connectivity index (χ0v) is 10.2. The normalized spacial score (nSPS) is 14.4. The molecule has 1 heterocycles. The second-order valence-corrected chi connectivity index (χ2v) is 4.45. The van der Waals surface area contributed by atoms with Crippen LogP contribution in [0.2, 0.25) is 0 Å². The molecule has 1 amide bonds. The monoisotopic (exact) mass is 233 g/mol. The maximum absolute atomic E-state index is 11.6. The summed E-state index contributed by atoms with van der Waals surface area (Å²) in [4.78, 5) is 15.6. The highest BCUT2D eigenvalue weighted by Gasteiger charge is 2.20. The topological polar surface area (TPSA) is 54.0 Å². The van der Waals surface area contributed by atoms with E-state index in [9.17, 15) is 4.79 Å². The highest BCUT2D eigenvalue weighted by atomic mass is 16.1. The van der Waals surface area contributed by atoms with Gasteiger partial charge in [-0.05, 0) is 31.4 Å². The molecule has 0 spiro atoms. The number of pyridine rings is 1. The molecule has 17 heavy (non-hydrogen) atoms. The Kier molecular flexibility index (Phi) is 3.96. The molecule has 1 aromatic heterocycles. The van der Waals surface area contributed by atoms with Crippen molar-refractivity contribution in [1.29, 1.82) is 0 Å². The molecule has 0 aromatic carbocycles. The van der Waals surface area contributed by atoms with E-state index in [1.54, 1.807) is 12.3 Å². The molecule has 0 unspecified atom stereocenters. The predicted octanol–water partition coefficient (Wildman–Crippen LogP) is 2.04. The maximum Gasteiger partial charge on any atom is 0.269 e. The van der Waals surface area contributed by atoms with Crippen molar-refractivity contribution in [2.45, 2.75) is 26.2 Å². The van der Waals surface area contributed by atoms with Crippen LogP contribution in [-0.4, -0.2) is 24.0 Å². The first-order chi connectivity index (χ1) is 8.29. The van der Waals surface area contributed by atoms with E-state index in [4.69, 9.17) is 0 Å². The van der Waals surface area contributed by atoms with E-state index in [0.29, 0.717) is 12.2 Å². The van der Waals surface area contributed by atoms with E-state index in [0.717, 1.165) is 18.2 Å². The third-order valence-electron chi connectivity index (χ3n) is 2.91. The van der Waals surface area contributed by atoms with Crippen LogP contribution in [0.15, 0.2) is 18.3 Å². The van der Waals surface area contributed by atoms with Gasteiger partial charge in [0.15, 0.2) is 0 Å². The molecule has 0 bridgehead atoms. The van der Waals surface area contributed by atoms with E-state index in [1.165, 1.54) is 19.3 Å². The van der Waals surface area contributed by atoms with Gasteiger partial charge in [0.2, 0.25) is 0 Å². The van der Waals surface area contributed by atoms with E-state index in [1.807, 2.05) is 13.0 Å².